The number of aryl methyl sites for hydroxylation is 1. The Labute approximate surface area is 99.2 Å². The van der Waals surface area contributed by atoms with E-state index in [1.165, 1.54) is 5.56 Å². The van der Waals surface area contributed by atoms with E-state index >= 15 is 0 Å². The average Bonchev–Trinajstić information content (AvgIpc) is 2.65. The molecule has 0 unspecified atom stereocenters. The summed E-state index contributed by atoms with van der Waals surface area (Å²) in [6, 6.07) is 0.564. The highest BCUT2D eigenvalue weighted by Crippen LogP contribution is 2.25. The first-order valence-corrected chi connectivity index (χ1v) is 6.22. The fraction of sp³-hybridized carbons (Fsp3) is 0.769. The number of rotatable bonds is 6. The van der Waals surface area contributed by atoms with Crippen molar-refractivity contribution in [3.8, 4) is 0 Å². The van der Waals surface area contributed by atoms with Gasteiger partial charge in [0.1, 0.15) is 0 Å². The molecule has 0 amide bonds. The molecule has 0 saturated carbocycles. The molecule has 92 valence electrons. The van der Waals surface area contributed by atoms with Gasteiger partial charge in [-0.1, -0.05) is 27.7 Å². The van der Waals surface area contributed by atoms with Crippen molar-refractivity contribution < 1.29 is 0 Å². The van der Waals surface area contributed by atoms with Crippen LogP contribution in [0.5, 0.6) is 0 Å². The van der Waals surface area contributed by atoms with Crippen LogP contribution in [0.15, 0.2) is 12.4 Å². The van der Waals surface area contributed by atoms with Crippen LogP contribution in [-0.4, -0.2) is 22.4 Å². The van der Waals surface area contributed by atoms with Crippen LogP contribution in [0.4, 0.5) is 0 Å². The standard InChI is InChI=1S/C13H25N3/c1-6-16-10-12(9-15-16)13(4,5)7-8-14-11(2)3/h9-11,14H,6-8H2,1-5H3. The van der Waals surface area contributed by atoms with Crippen molar-refractivity contribution in [2.24, 2.45) is 0 Å². The lowest BCUT2D eigenvalue weighted by molar-refractivity contribution is 0.441. The maximum atomic E-state index is 4.34. The molecule has 16 heavy (non-hydrogen) atoms. The summed E-state index contributed by atoms with van der Waals surface area (Å²) in [6.07, 6.45) is 5.30. The van der Waals surface area contributed by atoms with Crippen LogP contribution >= 0.6 is 0 Å². The third kappa shape index (κ3) is 3.63. The molecule has 0 radical (unpaired) electrons. The lowest BCUT2D eigenvalue weighted by Gasteiger charge is -2.24. The summed E-state index contributed by atoms with van der Waals surface area (Å²) in [4.78, 5) is 0. The SMILES string of the molecule is CCn1cc(C(C)(C)CCNC(C)C)cn1. The van der Waals surface area contributed by atoms with Crippen molar-refractivity contribution in [2.45, 2.75) is 59.0 Å². The fourth-order valence-corrected chi connectivity index (χ4v) is 1.70. The first kappa shape index (κ1) is 13.2. The predicted molar refractivity (Wildman–Crippen MR) is 68.7 cm³/mol. The number of nitrogens with zero attached hydrogens (tertiary/aromatic N) is 2. The fourth-order valence-electron chi connectivity index (χ4n) is 1.70. The van der Waals surface area contributed by atoms with Crippen molar-refractivity contribution in [3.05, 3.63) is 18.0 Å². The predicted octanol–water partition coefficient (Wildman–Crippen LogP) is 2.57. The molecular weight excluding hydrogens is 198 g/mol. The van der Waals surface area contributed by atoms with Gasteiger partial charge in [-0.25, -0.2) is 0 Å². The molecule has 0 bridgehead atoms. The summed E-state index contributed by atoms with van der Waals surface area (Å²) < 4.78 is 1.99. The highest BCUT2D eigenvalue weighted by molar-refractivity contribution is 5.16. The average molecular weight is 223 g/mol. The first-order chi connectivity index (χ1) is 7.45. The van der Waals surface area contributed by atoms with Gasteiger partial charge in [0.05, 0.1) is 6.20 Å². The van der Waals surface area contributed by atoms with Gasteiger partial charge in [-0.05, 0) is 30.9 Å². The van der Waals surface area contributed by atoms with Crippen molar-refractivity contribution in [1.82, 2.24) is 15.1 Å². The monoisotopic (exact) mass is 223 g/mol. The molecule has 0 atom stereocenters. The second kappa shape index (κ2) is 5.48. The van der Waals surface area contributed by atoms with E-state index in [0.717, 1.165) is 19.5 Å². The quantitative estimate of drug-likeness (QED) is 0.803. The summed E-state index contributed by atoms with van der Waals surface area (Å²) in [6.45, 7) is 13.1. The molecule has 1 heterocycles. The summed E-state index contributed by atoms with van der Waals surface area (Å²) in [5.74, 6) is 0. The van der Waals surface area contributed by atoms with Crippen LogP contribution in [0.2, 0.25) is 0 Å². The van der Waals surface area contributed by atoms with Gasteiger partial charge in [0.25, 0.3) is 0 Å². The number of nitrogens with one attached hydrogen (secondary N) is 1. The highest BCUT2D eigenvalue weighted by Gasteiger charge is 2.21. The molecule has 1 aromatic rings. The molecular formula is C13H25N3. The second-order valence-corrected chi connectivity index (χ2v) is 5.33. The van der Waals surface area contributed by atoms with E-state index in [4.69, 9.17) is 0 Å². The van der Waals surface area contributed by atoms with E-state index in [1.54, 1.807) is 0 Å². The van der Waals surface area contributed by atoms with E-state index in [2.05, 4.69) is 51.2 Å². The minimum atomic E-state index is 0.204. The summed E-state index contributed by atoms with van der Waals surface area (Å²) in [7, 11) is 0. The zero-order valence-corrected chi connectivity index (χ0v) is 11.2. The summed E-state index contributed by atoms with van der Waals surface area (Å²) in [5.41, 5.74) is 1.54. The Bertz CT molecular complexity index is 313. The molecule has 3 heteroatoms. The molecule has 0 aliphatic carbocycles. The molecule has 0 aliphatic heterocycles. The minimum Gasteiger partial charge on any atom is -0.315 e. The lowest BCUT2D eigenvalue weighted by atomic mass is 9.83. The van der Waals surface area contributed by atoms with E-state index < -0.39 is 0 Å². The van der Waals surface area contributed by atoms with Gasteiger partial charge in [-0.15, -0.1) is 0 Å². The normalized spacial score (nSPS) is 12.4. The van der Waals surface area contributed by atoms with Crippen molar-refractivity contribution >= 4 is 0 Å². The van der Waals surface area contributed by atoms with E-state index in [-0.39, 0.29) is 5.41 Å². The molecule has 1 rings (SSSR count). The third-order valence-corrected chi connectivity index (χ3v) is 3.04. The van der Waals surface area contributed by atoms with E-state index in [0.29, 0.717) is 6.04 Å². The molecule has 0 aliphatic rings. The largest absolute Gasteiger partial charge is 0.315 e. The number of aromatic nitrogens is 2. The van der Waals surface area contributed by atoms with Crippen LogP contribution in [0.3, 0.4) is 0 Å². The van der Waals surface area contributed by atoms with Crippen LogP contribution in [0.25, 0.3) is 0 Å². The van der Waals surface area contributed by atoms with Gasteiger partial charge in [0.2, 0.25) is 0 Å². The summed E-state index contributed by atoms with van der Waals surface area (Å²) >= 11 is 0. The van der Waals surface area contributed by atoms with Crippen molar-refractivity contribution in [2.75, 3.05) is 6.54 Å². The number of hydrogen-bond acceptors (Lipinski definition) is 2. The van der Waals surface area contributed by atoms with Crippen LogP contribution in [0, 0.1) is 0 Å². The summed E-state index contributed by atoms with van der Waals surface area (Å²) in [5, 5.41) is 7.81. The molecule has 3 nitrogen and oxygen atoms in total. The zero-order chi connectivity index (χ0) is 12.2. The Balaban J connectivity index is 2.55. The Kier molecular flexibility index (Phi) is 4.54. The molecule has 1 aromatic heterocycles. The molecule has 0 aromatic carbocycles. The maximum absolute atomic E-state index is 4.34. The zero-order valence-electron chi connectivity index (χ0n) is 11.2. The Morgan fingerprint density at radius 1 is 1.44 bits per heavy atom. The molecule has 0 saturated heterocycles. The smallest absolute Gasteiger partial charge is 0.0527 e. The molecule has 0 spiro atoms. The van der Waals surface area contributed by atoms with Crippen molar-refractivity contribution in [3.63, 3.8) is 0 Å². The highest BCUT2D eigenvalue weighted by atomic mass is 15.3. The lowest BCUT2D eigenvalue weighted by Crippen LogP contribution is -2.29. The van der Waals surface area contributed by atoms with Gasteiger partial charge in [0, 0.05) is 18.8 Å². The van der Waals surface area contributed by atoms with E-state index in [9.17, 15) is 0 Å². The van der Waals surface area contributed by atoms with Gasteiger partial charge >= 0.3 is 0 Å². The Morgan fingerprint density at radius 2 is 2.12 bits per heavy atom. The van der Waals surface area contributed by atoms with Crippen LogP contribution in [-0.2, 0) is 12.0 Å². The minimum absolute atomic E-state index is 0.204. The van der Waals surface area contributed by atoms with Crippen molar-refractivity contribution in [1.29, 1.82) is 0 Å². The third-order valence-electron chi connectivity index (χ3n) is 3.04. The van der Waals surface area contributed by atoms with Crippen LogP contribution < -0.4 is 5.32 Å². The molecule has 0 fully saturated rings. The van der Waals surface area contributed by atoms with Crippen LogP contribution in [0.1, 0.15) is 46.6 Å². The van der Waals surface area contributed by atoms with Gasteiger partial charge < -0.3 is 5.32 Å². The topological polar surface area (TPSA) is 29.9 Å². The first-order valence-electron chi connectivity index (χ1n) is 6.22. The van der Waals surface area contributed by atoms with Gasteiger partial charge in [-0.2, -0.15) is 5.10 Å². The van der Waals surface area contributed by atoms with Gasteiger partial charge in [0.15, 0.2) is 0 Å². The second-order valence-electron chi connectivity index (χ2n) is 5.33. The maximum Gasteiger partial charge on any atom is 0.0527 e. The number of hydrogen-bond donors (Lipinski definition) is 1. The van der Waals surface area contributed by atoms with E-state index in [1.807, 2.05) is 10.9 Å². The Hall–Kier alpha value is -0.830. The Morgan fingerprint density at radius 3 is 2.62 bits per heavy atom. The van der Waals surface area contributed by atoms with Gasteiger partial charge in [-0.3, -0.25) is 4.68 Å². The molecule has 1 N–H and O–H groups in total.